The summed E-state index contributed by atoms with van der Waals surface area (Å²) in [5, 5.41) is 3.93. The van der Waals surface area contributed by atoms with Gasteiger partial charge in [-0.1, -0.05) is 20.8 Å². The molecule has 1 N–H and O–H groups in total. The third-order valence-corrected chi connectivity index (χ3v) is 5.36. The molecule has 0 aromatic rings. The van der Waals surface area contributed by atoms with Crippen molar-refractivity contribution in [1.29, 1.82) is 0 Å². The topological polar surface area (TPSA) is 15.3 Å². The van der Waals surface area contributed by atoms with Crippen molar-refractivity contribution in [3.05, 3.63) is 0 Å². The molecule has 0 heterocycles. The van der Waals surface area contributed by atoms with Gasteiger partial charge < -0.3 is 10.2 Å². The molecule has 2 saturated carbocycles. The van der Waals surface area contributed by atoms with Gasteiger partial charge >= 0.3 is 0 Å². The number of nitrogens with one attached hydrogen (secondary N) is 1. The van der Waals surface area contributed by atoms with E-state index in [1.54, 1.807) is 0 Å². The highest BCUT2D eigenvalue weighted by atomic mass is 15.1. The normalized spacial score (nSPS) is 41.1. The van der Waals surface area contributed by atoms with Gasteiger partial charge in [0.1, 0.15) is 0 Å². The maximum absolute atomic E-state index is 3.93. The summed E-state index contributed by atoms with van der Waals surface area (Å²) in [6.45, 7) is 10.9. The zero-order chi connectivity index (χ0) is 12.8. The molecule has 2 aliphatic rings. The SMILES string of the molecule is CC(CN(C)C)NC1C2(C)CCC(C2)C1(C)C. The van der Waals surface area contributed by atoms with E-state index in [4.69, 9.17) is 0 Å². The van der Waals surface area contributed by atoms with Gasteiger partial charge in [-0.15, -0.1) is 0 Å². The lowest BCUT2D eigenvalue weighted by Gasteiger charge is -2.45. The standard InChI is InChI=1S/C15H30N2/c1-11(10-17(5)6)16-13-14(2,3)12-7-8-15(13,4)9-12/h11-13,16H,7-10H2,1-6H3. The van der Waals surface area contributed by atoms with E-state index in [2.05, 4.69) is 52.0 Å². The first-order chi connectivity index (χ1) is 7.75. The highest BCUT2D eigenvalue weighted by molar-refractivity contribution is 5.12. The van der Waals surface area contributed by atoms with E-state index in [9.17, 15) is 0 Å². The minimum atomic E-state index is 0.480. The molecule has 2 nitrogen and oxygen atoms in total. The first kappa shape index (κ1) is 13.4. The molecule has 0 saturated heterocycles. The number of nitrogens with zero attached hydrogens (tertiary/aromatic N) is 1. The zero-order valence-corrected chi connectivity index (χ0v) is 12.5. The Bertz CT molecular complexity index is 280. The summed E-state index contributed by atoms with van der Waals surface area (Å²) in [7, 11) is 4.32. The van der Waals surface area contributed by atoms with Crippen LogP contribution in [0.15, 0.2) is 0 Å². The molecule has 2 aliphatic carbocycles. The quantitative estimate of drug-likeness (QED) is 0.810. The second-order valence-electron chi connectivity index (χ2n) is 7.68. The van der Waals surface area contributed by atoms with E-state index in [1.165, 1.54) is 19.3 Å². The Balaban J connectivity index is 2.05. The average molecular weight is 238 g/mol. The van der Waals surface area contributed by atoms with Crippen LogP contribution in [0.1, 0.15) is 47.0 Å². The van der Waals surface area contributed by atoms with Crippen LogP contribution in [0.25, 0.3) is 0 Å². The highest BCUT2D eigenvalue weighted by Crippen LogP contribution is 2.62. The van der Waals surface area contributed by atoms with E-state index in [1.807, 2.05) is 0 Å². The monoisotopic (exact) mass is 238 g/mol. The Kier molecular flexibility index (Phi) is 3.33. The van der Waals surface area contributed by atoms with Gasteiger partial charge in [-0.2, -0.15) is 0 Å². The van der Waals surface area contributed by atoms with Gasteiger partial charge in [0.25, 0.3) is 0 Å². The fourth-order valence-electron chi connectivity index (χ4n) is 4.60. The number of hydrogen-bond acceptors (Lipinski definition) is 2. The largest absolute Gasteiger partial charge is 0.309 e. The van der Waals surface area contributed by atoms with E-state index < -0.39 is 0 Å². The van der Waals surface area contributed by atoms with Crippen molar-refractivity contribution in [2.45, 2.75) is 59.0 Å². The number of hydrogen-bond donors (Lipinski definition) is 1. The molecular weight excluding hydrogens is 208 g/mol. The van der Waals surface area contributed by atoms with Crippen LogP contribution < -0.4 is 5.32 Å². The van der Waals surface area contributed by atoms with E-state index in [0.29, 0.717) is 22.9 Å². The number of likely N-dealkylation sites (N-methyl/N-ethyl adjacent to an activating group) is 1. The van der Waals surface area contributed by atoms with Gasteiger partial charge in [-0.25, -0.2) is 0 Å². The summed E-state index contributed by atoms with van der Waals surface area (Å²) in [4.78, 5) is 2.28. The zero-order valence-electron chi connectivity index (χ0n) is 12.5. The molecule has 0 amide bonds. The Hall–Kier alpha value is -0.0800. The van der Waals surface area contributed by atoms with Gasteiger partial charge in [0, 0.05) is 18.6 Å². The van der Waals surface area contributed by atoms with Crippen molar-refractivity contribution < 1.29 is 0 Å². The summed E-state index contributed by atoms with van der Waals surface area (Å²) < 4.78 is 0. The van der Waals surface area contributed by atoms with Gasteiger partial charge in [0.2, 0.25) is 0 Å². The molecule has 0 aromatic carbocycles. The first-order valence-electron chi connectivity index (χ1n) is 7.16. The molecule has 100 valence electrons. The van der Waals surface area contributed by atoms with Crippen LogP contribution in [-0.2, 0) is 0 Å². The lowest BCUT2D eigenvalue weighted by atomic mass is 9.68. The van der Waals surface area contributed by atoms with Crippen LogP contribution >= 0.6 is 0 Å². The summed E-state index contributed by atoms with van der Waals surface area (Å²) in [5.41, 5.74) is 1.03. The van der Waals surface area contributed by atoms with Crippen LogP contribution in [0.2, 0.25) is 0 Å². The van der Waals surface area contributed by atoms with Crippen LogP contribution in [0.3, 0.4) is 0 Å². The minimum absolute atomic E-state index is 0.480. The number of fused-ring (bicyclic) bond motifs is 2. The smallest absolute Gasteiger partial charge is 0.0178 e. The second kappa shape index (κ2) is 4.24. The fourth-order valence-corrected chi connectivity index (χ4v) is 4.60. The van der Waals surface area contributed by atoms with Crippen molar-refractivity contribution in [2.24, 2.45) is 16.7 Å². The van der Waals surface area contributed by atoms with Gasteiger partial charge in [-0.3, -0.25) is 0 Å². The first-order valence-corrected chi connectivity index (χ1v) is 7.16. The summed E-state index contributed by atoms with van der Waals surface area (Å²) >= 11 is 0. The molecular formula is C15H30N2. The summed E-state index contributed by atoms with van der Waals surface area (Å²) in [6.07, 6.45) is 4.31. The molecule has 0 aliphatic heterocycles. The number of rotatable bonds is 4. The van der Waals surface area contributed by atoms with Crippen molar-refractivity contribution in [2.75, 3.05) is 20.6 Å². The Morgan fingerprint density at radius 1 is 1.29 bits per heavy atom. The Morgan fingerprint density at radius 3 is 2.41 bits per heavy atom. The maximum atomic E-state index is 3.93. The van der Waals surface area contributed by atoms with Crippen LogP contribution in [0.4, 0.5) is 0 Å². The molecule has 2 bridgehead atoms. The molecule has 0 radical (unpaired) electrons. The summed E-state index contributed by atoms with van der Waals surface area (Å²) in [6, 6.07) is 1.29. The molecule has 0 spiro atoms. The van der Waals surface area contributed by atoms with Crippen LogP contribution in [0, 0.1) is 16.7 Å². The van der Waals surface area contributed by atoms with Crippen molar-refractivity contribution in [1.82, 2.24) is 10.2 Å². The van der Waals surface area contributed by atoms with Crippen LogP contribution in [0.5, 0.6) is 0 Å². The molecule has 4 atom stereocenters. The van der Waals surface area contributed by atoms with Gasteiger partial charge in [0.15, 0.2) is 0 Å². The summed E-state index contributed by atoms with van der Waals surface area (Å²) in [5.74, 6) is 0.941. The fraction of sp³-hybridized carbons (Fsp3) is 1.00. The van der Waals surface area contributed by atoms with Gasteiger partial charge in [-0.05, 0) is 57.0 Å². The molecule has 17 heavy (non-hydrogen) atoms. The third kappa shape index (κ3) is 2.26. The minimum Gasteiger partial charge on any atom is -0.309 e. The second-order valence-corrected chi connectivity index (χ2v) is 7.68. The van der Waals surface area contributed by atoms with Crippen LogP contribution in [-0.4, -0.2) is 37.6 Å². The Labute approximate surface area is 107 Å². The third-order valence-electron chi connectivity index (χ3n) is 5.36. The van der Waals surface area contributed by atoms with E-state index in [-0.39, 0.29) is 0 Å². The lowest BCUT2D eigenvalue weighted by molar-refractivity contribution is 0.0964. The molecule has 4 unspecified atom stereocenters. The molecule has 2 fully saturated rings. The van der Waals surface area contributed by atoms with Gasteiger partial charge in [0.05, 0.1) is 0 Å². The average Bonchev–Trinajstić information content (AvgIpc) is 2.63. The lowest BCUT2D eigenvalue weighted by Crippen LogP contribution is -2.54. The van der Waals surface area contributed by atoms with E-state index in [0.717, 1.165) is 12.5 Å². The predicted molar refractivity (Wildman–Crippen MR) is 74.2 cm³/mol. The van der Waals surface area contributed by atoms with Crippen molar-refractivity contribution in [3.63, 3.8) is 0 Å². The maximum Gasteiger partial charge on any atom is 0.0178 e. The predicted octanol–water partition coefficient (Wildman–Crippen LogP) is 2.74. The molecule has 0 aromatic heterocycles. The van der Waals surface area contributed by atoms with Crippen molar-refractivity contribution >= 4 is 0 Å². The highest BCUT2D eigenvalue weighted by Gasteiger charge is 2.59. The van der Waals surface area contributed by atoms with E-state index >= 15 is 0 Å². The van der Waals surface area contributed by atoms with Crippen molar-refractivity contribution in [3.8, 4) is 0 Å². The Morgan fingerprint density at radius 2 is 1.94 bits per heavy atom. The molecule has 2 rings (SSSR count). The molecule has 2 heteroatoms.